The Kier molecular flexibility index (Phi) is 2.62. The summed E-state index contributed by atoms with van der Waals surface area (Å²) in [6.07, 6.45) is 2.37. The molecule has 0 bridgehead atoms. The van der Waals surface area contributed by atoms with Gasteiger partial charge in [-0.25, -0.2) is 0 Å². The standard InChI is InChI=1S/C14H13NO/c1-9(2)14-10(8-15)6-7-11-12(14)4-3-5-13(11)16/h6-7H,1,3-5H2,2H3. The van der Waals surface area contributed by atoms with Gasteiger partial charge in [0.25, 0.3) is 0 Å². The molecular formula is C14H13NO. The summed E-state index contributed by atoms with van der Waals surface area (Å²) in [6, 6.07) is 5.68. The van der Waals surface area contributed by atoms with Crippen LogP contribution < -0.4 is 0 Å². The predicted octanol–water partition coefficient (Wildman–Crippen LogP) is 3.11. The van der Waals surface area contributed by atoms with Crippen LogP contribution in [0.2, 0.25) is 0 Å². The Morgan fingerprint density at radius 1 is 1.44 bits per heavy atom. The highest BCUT2D eigenvalue weighted by atomic mass is 16.1. The molecule has 0 amide bonds. The summed E-state index contributed by atoms with van der Waals surface area (Å²) in [4.78, 5) is 11.7. The van der Waals surface area contributed by atoms with E-state index in [1.165, 1.54) is 0 Å². The van der Waals surface area contributed by atoms with Gasteiger partial charge in [0.1, 0.15) is 0 Å². The van der Waals surface area contributed by atoms with Crippen LogP contribution in [0.1, 0.15) is 46.8 Å². The lowest BCUT2D eigenvalue weighted by molar-refractivity contribution is 0.0972. The van der Waals surface area contributed by atoms with Crippen molar-refractivity contribution in [1.82, 2.24) is 0 Å². The fourth-order valence-electron chi connectivity index (χ4n) is 2.31. The van der Waals surface area contributed by atoms with Crippen molar-refractivity contribution in [3.8, 4) is 6.07 Å². The second-order valence-corrected chi connectivity index (χ2v) is 4.18. The number of rotatable bonds is 1. The first-order chi connectivity index (χ1) is 7.65. The molecule has 0 atom stereocenters. The van der Waals surface area contributed by atoms with Crippen molar-refractivity contribution in [3.05, 3.63) is 41.0 Å². The Labute approximate surface area is 95.2 Å². The van der Waals surface area contributed by atoms with E-state index < -0.39 is 0 Å². The van der Waals surface area contributed by atoms with Gasteiger partial charge in [0.05, 0.1) is 11.6 Å². The monoisotopic (exact) mass is 211 g/mol. The first-order valence-corrected chi connectivity index (χ1v) is 5.40. The quantitative estimate of drug-likeness (QED) is 0.716. The maximum Gasteiger partial charge on any atom is 0.163 e. The van der Waals surface area contributed by atoms with E-state index in [-0.39, 0.29) is 5.78 Å². The van der Waals surface area contributed by atoms with Crippen molar-refractivity contribution in [2.45, 2.75) is 26.2 Å². The maximum atomic E-state index is 11.7. The molecule has 0 saturated carbocycles. The molecule has 0 fully saturated rings. The zero-order valence-electron chi connectivity index (χ0n) is 9.34. The van der Waals surface area contributed by atoms with Gasteiger partial charge in [-0.1, -0.05) is 6.58 Å². The van der Waals surface area contributed by atoms with Crippen LogP contribution in [0.5, 0.6) is 0 Å². The first-order valence-electron chi connectivity index (χ1n) is 5.40. The van der Waals surface area contributed by atoms with Gasteiger partial charge in [0.2, 0.25) is 0 Å². The van der Waals surface area contributed by atoms with Crippen molar-refractivity contribution in [2.75, 3.05) is 0 Å². The number of allylic oxidation sites excluding steroid dienone is 1. The lowest BCUT2D eigenvalue weighted by Crippen LogP contribution is -2.13. The van der Waals surface area contributed by atoms with E-state index in [9.17, 15) is 4.79 Å². The fourth-order valence-corrected chi connectivity index (χ4v) is 2.31. The molecule has 0 aromatic heterocycles. The molecule has 0 aliphatic heterocycles. The summed E-state index contributed by atoms with van der Waals surface area (Å²) < 4.78 is 0. The van der Waals surface area contributed by atoms with Crippen LogP contribution in [0.3, 0.4) is 0 Å². The molecule has 0 saturated heterocycles. The predicted molar refractivity (Wildman–Crippen MR) is 63.1 cm³/mol. The number of benzene rings is 1. The largest absolute Gasteiger partial charge is 0.294 e. The van der Waals surface area contributed by atoms with Crippen molar-refractivity contribution in [3.63, 3.8) is 0 Å². The van der Waals surface area contributed by atoms with Crippen LogP contribution in [0.25, 0.3) is 5.57 Å². The van der Waals surface area contributed by atoms with E-state index in [1.54, 1.807) is 12.1 Å². The highest BCUT2D eigenvalue weighted by molar-refractivity contribution is 6.00. The Bertz CT molecular complexity index is 520. The molecule has 0 spiro atoms. The molecule has 2 heteroatoms. The van der Waals surface area contributed by atoms with E-state index in [2.05, 4.69) is 12.6 Å². The van der Waals surface area contributed by atoms with Gasteiger partial charge in [-0.15, -0.1) is 0 Å². The molecule has 2 rings (SSSR count). The van der Waals surface area contributed by atoms with E-state index in [4.69, 9.17) is 5.26 Å². The molecule has 0 N–H and O–H groups in total. The molecule has 0 radical (unpaired) electrons. The average Bonchev–Trinajstić information content (AvgIpc) is 2.27. The summed E-state index contributed by atoms with van der Waals surface area (Å²) in [5.74, 6) is 0.188. The van der Waals surface area contributed by atoms with E-state index in [0.717, 1.165) is 35.1 Å². The minimum Gasteiger partial charge on any atom is -0.294 e. The number of hydrogen-bond donors (Lipinski definition) is 0. The van der Waals surface area contributed by atoms with Crippen LogP contribution in [-0.4, -0.2) is 5.78 Å². The molecular weight excluding hydrogens is 198 g/mol. The lowest BCUT2D eigenvalue weighted by atomic mass is 9.83. The maximum absolute atomic E-state index is 11.7. The van der Waals surface area contributed by atoms with Crippen LogP contribution in [0, 0.1) is 11.3 Å². The number of Topliss-reactive ketones (excluding diaryl/α,β-unsaturated/α-hetero) is 1. The van der Waals surface area contributed by atoms with Crippen LogP contribution in [0.15, 0.2) is 18.7 Å². The van der Waals surface area contributed by atoms with E-state index >= 15 is 0 Å². The lowest BCUT2D eigenvalue weighted by Gasteiger charge is -2.19. The molecule has 1 aromatic carbocycles. The summed E-state index contributed by atoms with van der Waals surface area (Å²) in [6.45, 7) is 5.79. The number of fused-ring (bicyclic) bond motifs is 1. The van der Waals surface area contributed by atoms with Crippen LogP contribution in [0.4, 0.5) is 0 Å². The van der Waals surface area contributed by atoms with Gasteiger partial charge in [-0.3, -0.25) is 4.79 Å². The third-order valence-electron chi connectivity index (χ3n) is 2.99. The molecule has 80 valence electrons. The van der Waals surface area contributed by atoms with Crippen molar-refractivity contribution in [1.29, 1.82) is 5.26 Å². The van der Waals surface area contributed by atoms with Gasteiger partial charge < -0.3 is 0 Å². The van der Waals surface area contributed by atoms with Gasteiger partial charge in [-0.05, 0) is 48.6 Å². The highest BCUT2D eigenvalue weighted by Crippen LogP contribution is 2.30. The Morgan fingerprint density at radius 2 is 2.19 bits per heavy atom. The fraction of sp³-hybridized carbons (Fsp3) is 0.286. The topological polar surface area (TPSA) is 40.9 Å². The normalized spacial score (nSPS) is 14.1. The van der Waals surface area contributed by atoms with Gasteiger partial charge in [0.15, 0.2) is 5.78 Å². The second-order valence-electron chi connectivity index (χ2n) is 4.18. The zero-order chi connectivity index (χ0) is 11.7. The smallest absolute Gasteiger partial charge is 0.163 e. The Morgan fingerprint density at radius 3 is 2.81 bits per heavy atom. The second kappa shape index (κ2) is 3.94. The highest BCUT2D eigenvalue weighted by Gasteiger charge is 2.21. The number of hydrogen-bond acceptors (Lipinski definition) is 2. The number of nitriles is 1. The summed E-state index contributed by atoms with van der Waals surface area (Å²) in [5, 5.41) is 9.06. The molecule has 0 unspecified atom stereocenters. The van der Waals surface area contributed by atoms with Gasteiger partial charge in [-0.2, -0.15) is 5.26 Å². The van der Waals surface area contributed by atoms with E-state index in [0.29, 0.717) is 12.0 Å². The Hall–Kier alpha value is -1.88. The van der Waals surface area contributed by atoms with Crippen molar-refractivity contribution in [2.24, 2.45) is 0 Å². The number of nitrogens with zero attached hydrogens (tertiary/aromatic N) is 1. The zero-order valence-corrected chi connectivity index (χ0v) is 9.34. The number of carbonyl (C=O) groups excluding carboxylic acids is 1. The van der Waals surface area contributed by atoms with Gasteiger partial charge in [0, 0.05) is 12.0 Å². The molecule has 1 aliphatic carbocycles. The molecule has 1 aromatic rings. The summed E-state index contributed by atoms with van der Waals surface area (Å²) in [7, 11) is 0. The summed E-state index contributed by atoms with van der Waals surface area (Å²) in [5.41, 5.74) is 4.17. The van der Waals surface area contributed by atoms with Crippen LogP contribution >= 0.6 is 0 Å². The molecule has 2 nitrogen and oxygen atoms in total. The molecule has 0 heterocycles. The molecule has 1 aliphatic rings. The molecule has 16 heavy (non-hydrogen) atoms. The minimum absolute atomic E-state index is 0.188. The third-order valence-corrected chi connectivity index (χ3v) is 2.99. The third kappa shape index (κ3) is 1.55. The number of carbonyl (C=O) groups is 1. The van der Waals surface area contributed by atoms with Gasteiger partial charge >= 0.3 is 0 Å². The van der Waals surface area contributed by atoms with Crippen molar-refractivity contribution < 1.29 is 4.79 Å². The first kappa shape index (κ1) is 10.6. The van der Waals surface area contributed by atoms with E-state index in [1.807, 2.05) is 6.92 Å². The van der Waals surface area contributed by atoms with Crippen LogP contribution in [-0.2, 0) is 6.42 Å². The Balaban J connectivity index is 2.73. The average molecular weight is 211 g/mol. The van der Waals surface area contributed by atoms with Crippen molar-refractivity contribution >= 4 is 11.4 Å². The minimum atomic E-state index is 0.188. The SMILES string of the molecule is C=C(C)c1c(C#N)ccc2c1CCCC2=O. The summed E-state index contributed by atoms with van der Waals surface area (Å²) >= 11 is 0. The number of ketones is 1.